The Hall–Kier alpha value is -2.21. The Bertz CT molecular complexity index is 695. The van der Waals surface area contributed by atoms with Gasteiger partial charge >= 0.3 is 0 Å². The zero-order valence-corrected chi connectivity index (χ0v) is 11.7. The van der Waals surface area contributed by atoms with Crippen LogP contribution in [0.3, 0.4) is 0 Å². The summed E-state index contributed by atoms with van der Waals surface area (Å²) in [6, 6.07) is 10.2. The van der Waals surface area contributed by atoms with Crippen molar-refractivity contribution in [3.63, 3.8) is 0 Å². The zero-order valence-electron chi connectivity index (χ0n) is 10.9. The van der Waals surface area contributed by atoms with Crippen molar-refractivity contribution in [3.8, 4) is 0 Å². The molecule has 0 aliphatic heterocycles. The molecule has 104 valence electrons. The second-order valence-corrected chi connectivity index (χ2v) is 6.02. The normalized spacial score (nSPS) is 11.1. The van der Waals surface area contributed by atoms with Crippen molar-refractivity contribution in [1.29, 1.82) is 0 Å². The number of aromatic nitrogens is 1. The Kier molecular flexibility index (Phi) is 4.14. The van der Waals surface area contributed by atoms with Gasteiger partial charge in [-0.25, -0.2) is 13.1 Å². The summed E-state index contributed by atoms with van der Waals surface area (Å²) in [6.07, 6.45) is 4.12. The molecule has 0 saturated heterocycles. The highest BCUT2D eigenvalue weighted by Crippen LogP contribution is 2.13. The lowest BCUT2D eigenvalue weighted by molar-refractivity contribution is -0.117. The molecule has 1 amide bonds. The predicted molar refractivity (Wildman–Crippen MR) is 74.5 cm³/mol. The third kappa shape index (κ3) is 3.64. The number of carbonyl (C=O) groups is 1. The Labute approximate surface area is 117 Å². The predicted octanol–water partition coefficient (Wildman–Crippen LogP) is 1.50. The van der Waals surface area contributed by atoms with Crippen molar-refractivity contribution < 1.29 is 13.2 Å². The molecule has 20 heavy (non-hydrogen) atoms. The molecule has 1 heterocycles. The average molecular weight is 290 g/mol. The van der Waals surface area contributed by atoms with Crippen molar-refractivity contribution in [2.45, 2.75) is 18.2 Å². The van der Waals surface area contributed by atoms with Crippen LogP contribution in [0, 0.1) is 0 Å². The smallest absolute Gasteiger partial charge is 0.264 e. The topological polar surface area (TPSA) is 76.1 Å². The molecule has 1 aromatic carbocycles. The van der Waals surface area contributed by atoms with E-state index < -0.39 is 15.9 Å². The van der Waals surface area contributed by atoms with Crippen LogP contribution in [0.25, 0.3) is 0 Å². The van der Waals surface area contributed by atoms with Gasteiger partial charge in [0.05, 0.1) is 4.90 Å². The maximum absolute atomic E-state index is 11.8. The molecule has 5 nitrogen and oxygen atoms in total. The third-order valence-electron chi connectivity index (χ3n) is 2.67. The minimum Gasteiger partial charge on any atom is -0.274 e. The molecular weight excluding hydrogens is 276 g/mol. The molecular formula is C14H14N2O3S. The molecule has 0 unspecified atom stereocenters. The van der Waals surface area contributed by atoms with Crippen LogP contribution in [0.4, 0.5) is 0 Å². The average Bonchev–Trinajstić information content (AvgIpc) is 2.39. The molecule has 1 N–H and O–H groups in total. The summed E-state index contributed by atoms with van der Waals surface area (Å²) in [7, 11) is -3.76. The quantitative estimate of drug-likeness (QED) is 0.925. The summed E-state index contributed by atoms with van der Waals surface area (Å²) in [4.78, 5) is 14.9. The summed E-state index contributed by atoms with van der Waals surface area (Å²) in [6.45, 7) is 1.16. The fraction of sp³-hybridized carbons (Fsp3) is 0.143. The standard InChI is InChI=1S/C14H14N2O3S/c1-11(17)16-20(18,19)14-4-2-12(3-5-14)10-13-6-8-15-9-7-13/h2-9H,10H2,1H3,(H,16,17). The summed E-state index contributed by atoms with van der Waals surface area (Å²) < 4.78 is 25.5. The van der Waals surface area contributed by atoms with E-state index in [1.165, 1.54) is 12.1 Å². The van der Waals surface area contributed by atoms with E-state index in [1.807, 2.05) is 16.9 Å². The highest BCUT2D eigenvalue weighted by Gasteiger charge is 2.14. The summed E-state index contributed by atoms with van der Waals surface area (Å²) in [5, 5.41) is 0. The maximum atomic E-state index is 11.8. The number of amides is 1. The number of nitrogens with zero attached hydrogens (tertiary/aromatic N) is 1. The second kappa shape index (κ2) is 5.83. The summed E-state index contributed by atoms with van der Waals surface area (Å²) >= 11 is 0. The van der Waals surface area contributed by atoms with Crippen LogP contribution < -0.4 is 4.72 Å². The van der Waals surface area contributed by atoms with E-state index in [1.54, 1.807) is 24.5 Å². The number of sulfonamides is 1. The SMILES string of the molecule is CC(=O)NS(=O)(=O)c1ccc(Cc2ccncc2)cc1. The molecule has 0 fully saturated rings. The van der Waals surface area contributed by atoms with Gasteiger partial charge in [-0.15, -0.1) is 0 Å². The van der Waals surface area contributed by atoms with Gasteiger partial charge in [0.25, 0.3) is 10.0 Å². The van der Waals surface area contributed by atoms with Crippen LogP contribution in [0.5, 0.6) is 0 Å². The van der Waals surface area contributed by atoms with Crippen LogP contribution in [0.1, 0.15) is 18.1 Å². The van der Waals surface area contributed by atoms with E-state index in [4.69, 9.17) is 0 Å². The molecule has 0 bridgehead atoms. The molecule has 0 atom stereocenters. The number of pyridine rings is 1. The fourth-order valence-electron chi connectivity index (χ4n) is 1.77. The van der Waals surface area contributed by atoms with Gasteiger partial charge in [0.1, 0.15) is 0 Å². The molecule has 0 radical (unpaired) electrons. The molecule has 0 spiro atoms. The molecule has 0 saturated carbocycles. The lowest BCUT2D eigenvalue weighted by Crippen LogP contribution is -2.28. The molecule has 2 aromatic rings. The minimum absolute atomic E-state index is 0.0752. The largest absolute Gasteiger partial charge is 0.274 e. The van der Waals surface area contributed by atoms with Gasteiger partial charge in [-0.05, 0) is 41.8 Å². The van der Waals surface area contributed by atoms with Gasteiger partial charge < -0.3 is 0 Å². The van der Waals surface area contributed by atoms with Gasteiger partial charge in [0.15, 0.2) is 0 Å². The van der Waals surface area contributed by atoms with Gasteiger partial charge in [0, 0.05) is 19.3 Å². The number of rotatable bonds is 4. The highest BCUT2D eigenvalue weighted by atomic mass is 32.2. The number of hydrogen-bond donors (Lipinski definition) is 1. The van der Waals surface area contributed by atoms with Crippen LogP contribution in [0.15, 0.2) is 53.7 Å². The first-order valence-electron chi connectivity index (χ1n) is 5.98. The first-order valence-corrected chi connectivity index (χ1v) is 7.47. The van der Waals surface area contributed by atoms with Crippen molar-refractivity contribution in [2.75, 3.05) is 0 Å². The summed E-state index contributed by atoms with van der Waals surface area (Å²) in [5.74, 6) is -0.606. The third-order valence-corrected chi connectivity index (χ3v) is 4.12. The Morgan fingerprint density at radius 3 is 2.15 bits per heavy atom. The highest BCUT2D eigenvalue weighted by molar-refractivity contribution is 7.90. The van der Waals surface area contributed by atoms with E-state index in [0.717, 1.165) is 18.1 Å². The number of hydrogen-bond acceptors (Lipinski definition) is 4. The first-order chi connectivity index (χ1) is 9.47. The van der Waals surface area contributed by atoms with Crippen molar-refractivity contribution in [3.05, 3.63) is 59.9 Å². The molecule has 0 aliphatic carbocycles. The Morgan fingerprint density at radius 1 is 1.05 bits per heavy atom. The van der Waals surface area contributed by atoms with Crippen LogP contribution in [-0.4, -0.2) is 19.3 Å². The molecule has 1 aromatic heterocycles. The van der Waals surface area contributed by atoms with Gasteiger partial charge in [-0.2, -0.15) is 0 Å². The molecule has 6 heteroatoms. The molecule has 2 rings (SSSR count). The van der Waals surface area contributed by atoms with Crippen LogP contribution in [0.2, 0.25) is 0 Å². The maximum Gasteiger partial charge on any atom is 0.264 e. The van der Waals surface area contributed by atoms with Gasteiger partial charge in [0.2, 0.25) is 5.91 Å². The van der Waals surface area contributed by atoms with Crippen LogP contribution >= 0.6 is 0 Å². The van der Waals surface area contributed by atoms with Gasteiger partial charge in [-0.3, -0.25) is 9.78 Å². The van der Waals surface area contributed by atoms with E-state index in [2.05, 4.69) is 4.98 Å². The number of carbonyl (C=O) groups excluding carboxylic acids is 1. The Morgan fingerprint density at radius 2 is 1.60 bits per heavy atom. The van der Waals surface area contributed by atoms with Crippen molar-refractivity contribution in [2.24, 2.45) is 0 Å². The van der Waals surface area contributed by atoms with Crippen molar-refractivity contribution in [1.82, 2.24) is 9.71 Å². The van der Waals surface area contributed by atoms with E-state index in [9.17, 15) is 13.2 Å². The van der Waals surface area contributed by atoms with E-state index in [-0.39, 0.29) is 4.90 Å². The zero-order chi connectivity index (χ0) is 14.6. The van der Waals surface area contributed by atoms with Gasteiger partial charge in [-0.1, -0.05) is 12.1 Å². The Balaban J connectivity index is 2.16. The van der Waals surface area contributed by atoms with Crippen molar-refractivity contribution >= 4 is 15.9 Å². The fourth-order valence-corrected chi connectivity index (χ4v) is 2.76. The number of nitrogens with one attached hydrogen (secondary N) is 1. The number of benzene rings is 1. The molecule has 0 aliphatic rings. The monoisotopic (exact) mass is 290 g/mol. The minimum atomic E-state index is -3.76. The van der Waals surface area contributed by atoms with E-state index >= 15 is 0 Å². The second-order valence-electron chi connectivity index (χ2n) is 4.34. The first kappa shape index (κ1) is 14.2. The van der Waals surface area contributed by atoms with E-state index in [0.29, 0.717) is 6.42 Å². The van der Waals surface area contributed by atoms with Crippen LogP contribution in [-0.2, 0) is 21.2 Å². The lowest BCUT2D eigenvalue weighted by atomic mass is 10.1. The summed E-state index contributed by atoms with van der Waals surface area (Å²) in [5.41, 5.74) is 2.08. The lowest BCUT2D eigenvalue weighted by Gasteiger charge is -2.06.